The van der Waals surface area contributed by atoms with Crippen molar-refractivity contribution >= 4 is 17.5 Å². The second-order valence-electron chi connectivity index (χ2n) is 5.98. The molecule has 2 rings (SSSR count). The van der Waals surface area contributed by atoms with E-state index in [0.717, 1.165) is 24.6 Å². The number of rotatable bonds is 3. The molecule has 1 aliphatic rings. The van der Waals surface area contributed by atoms with Gasteiger partial charge in [-0.2, -0.15) is 0 Å². The van der Waals surface area contributed by atoms with E-state index < -0.39 is 0 Å². The Labute approximate surface area is 119 Å². The lowest BCUT2D eigenvalue weighted by molar-refractivity contribution is -0.128. The number of hydrogen-bond donors (Lipinski definition) is 2. The fraction of sp³-hybridized carbons (Fsp3) is 0.643. The van der Waals surface area contributed by atoms with Gasteiger partial charge in [0.05, 0.1) is 5.41 Å². The summed E-state index contributed by atoms with van der Waals surface area (Å²) in [5.41, 5.74) is 5.49. The average Bonchev–Trinajstić information content (AvgIpc) is 2.81. The molecule has 1 aromatic heterocycles. The van der Waals surface area contributed by atoms with Gasteiger partial charge in [-0.05, 0) is 13.3 Å². The molecule has 1 fully saturated rings. The number of nitrogen functional groups attached to an aromatic ring is 1. The largest absolute Gasteiger partial charge is 0.384 e. The molecule has 1 unspecified atom stereocenters. The predicted molar refractivity (Wildman–Crippen MR) is 79.5 cm³/mol. The normalized spacial score (nSPS) is 22.4. The molecule has 0 aliphatic carbocycles. The van der Waals surface area contributed by atoms with E-state index in [-0.39, 0.29) is 17.2 Å². The highest BCUT2D eigenvalue weighted by Gasteiger charge is 2.40. The highest BCUT2D eigenvalue weighted by Crippen LogP contribution is 2.33. The Kier molecular flexibility index (Phi) is 3.83. The Morgan fingerprint density at radius 2 is 2.20 bits per heavy atom. The minimum absolute atomic E-state index is 0.0751. The number of anilines is 2. The van der Waals surface area contributed by atoms with Gasteiger partial charge in [0.1, 0.15) is 17.5 Å². The molecule has 110 valence electrons. The van der Waals surface area contributed by atoms with E-state index in [1.807, 2.05) is 20.8 Å². The third-order valence-electron chi connectivity index (χ3n) is 3.84. The molecule has 1 saturated heterocycles. The first kappa shape index (κ1) is 14.6. The molecule has 1 aromatic rings. The van der Waals surface area contributed by atoms with Crippen LogP contribution in [0.3, 0.4) is 0 Å². The molecule has 1 atom stereocenters. The van der Waals surface area contributed by atoms with Gasteiger partial charge in [0.2, 0.25) is 5.91 Å². The van der Waals surface area contributed by atoms with E-state index in [1.165, 1.54) is 0 Å². The number of aromatic nitrogens is 2. The SMILES string of the molecule is CNC(=O)C1(C)CCN(c2cc(N)nc(C(C)C)n2)C1. The van der Waals surface area contributed by atoms with Crippen molar-refractivity contribution in [1.29, 1.82) is 0 Å². The lowest BCUT2D eigenvalue weighted by Gasteiger charge is -2.23. The molecule has 2 heterocycles. The quantitative estimate of drug-likeness (QED) is 0.865. The van der Waals surface area contributed by atoms with Crippen molar-refractivity contribution in [3.05, 3.63) is 11.9 Å². The van der Waals surface area contributed by atoms with Crippen LogP contribution in [-0.2, 0) is 4.79 Å². The van der Waals surface area contributed by atoms with Crippen LogP contribution >= 0.6 is 0 Å². The van der Waals surface area contributed by atoms with Gasteiger partial charge < -0.3 is 16.0 Å². The summed E-state index contributed by atoms with van der Waals surface area (Å²) in [5.74, 6) is 2.34. The number of amides is 1. The van der Waals surface area contributed by atoms with Crippen LogP contribution in [-0.4, -0.2) is 36.0 Å². The molecule has 20 heavy (non-hydrogen) atoms. The third kappa shape index (κ3) is 2.69. The van der Waals surface area contributed by atoms with Crippen molar-refractivity contribution in [1.82, 2.24) is 15.3 Å². The van der Waals surface area contributed by atoms with E-state index in [0.29, 0.717) is 12.4 Å². The summed E-state index contributed by atoms with van der Waals surface area (Å²) in [6.07, 6.45) is 0.813. The van der Waals surface area contributed by atoms with Gasteiger partial charge in [-0.15, -0.1) is 0 Å². The first-order chi connectivity index (χ1) is 9.35. The van der Waals surface area contributed by atoms with Crippen molar-refractivity contribution in [3.8, 4) is 0 Å². The summed E-state index contributed by atoms with van der Waals surface area (Å²) in [5, 5.41) is 2.74. The number of carbonyl (C=O) groups is 1. The minimum Gasteiger partial charge on any atom is -0.384 e. The zero-order valence-electron chi connectivity index (χ0n) is 12.6. The van der Waals surface area contributed by atoms with Crippen molar-refractivity contribution in [3.63, 3.8) is 0 Å². The van der Waals surface area contributed by atoms with Crippen LogP contribution < -0.4 is 16.0 Å². The minimum atomic E-state index is -0.369. The monoisotopic (exact) mass is 277 g/mol. The number of nitrogens with one attached hydrogen (secondary N) is 1. The van der Waals surface area contributed by atoms with Crippen LogP contribution in [0.5, 0.6) is 0 Å². The summed E-state index contributed by atoms with van der Waals surface area (Å²) < 4.78 is 0. The van der Waals surface area contributed by atoms with Crippen molar-refractivity contribution in [2.75, 3.05) is 30.8 Å². The molecule has 0 saturated carbocycles. The maximum Gasteiger partial charge on any atom is 0.227 e. The topological polar surface area (TPSA) is 84.1 Å². The van der Waals surface area contributed by atoms with Crippen molar-refractivity contribution < 1.29 is 4.79 Å². The molecule has 1 amide bonds. The summed E-state index contributed by atoms with van der Waals surface area (Å²) in [4.78, 5) is 22.9. The zero-order chi connectivity index (χ0) is 14.9. The van der Waals surface area contributed by atoms with Gasteiger partial charge in [0, 0.05) is 32.1 Å². The van der Waals surface area contributed by atoms with E-state index in [1.54, 1.807) is 13.1 Å². The molecule has 3 N–H and O–H groups in total. The summed E-state index contributed by atoms with van der Waals surface area (Å²) in [7, 11) is 1.68. The van der Waals surface area contributed by atoms with Crippen LogP contribution in [0.1, 0.15) is 38.9 Å². The molecule has 1 aliphatic heterocycles. The molecule has 6 heteroatoms. The van der Waals surface area contributed by atoms with Gasteiger partial charge in [0.15, 0.2) is 0 Å². The Bertz CT molecular complexity index is 516. The maximum absolute atomic E-state index is 12.0. The van der Waals surface area contributed by atoms with Crippen LogP contribution in [0, 0.1) is 5.41 Å². The standard InChI is InChI=1S/C14H23N5O/c1-9(2)12-17-10(15)7-11(18-12)19-6-5-14(3,8-19)13(20)16-4/h7,9H,5-6,8H2,1-4H3,(H,16,20)(H2,15,17,18). The van der Waals surface area contributed by atoms with Crippen LogP contribution in [0.25, 0.3) is 0 Å². The van der Waals surface area contributed by atoms with Gasteiger partial charge in [0.25, 0.3) is 0 Å². The molecule has 0 radical (unpaired) electrons. The number of hydrogen-bond acceptors (Lipinski definition) is 5. The lowest BCUT2D eigenvalue weighted by atomic mass is 9.89. The van der Waals surface area contributed by atoms with Crippen LogP contribution in [0.2, 0.25) is 0 Å². The van der Waals surface area contributed by atoms with E-state index in [9.17, 15) is 4.79 Å². The summed E-state index contributed by atoms with van der Waals surface area (Å²) >= 11 is 0. The summed E-state index contributed by atoms with van der Waals surface area (Å²) in [6.45, 7) is 7.52. The number of nitrogens with zero attached hydrogens (tertiary/aromatic N) is 3. The van der Waals surface area contributed by atoms with E-state index in [4.69, 9.17) is 5.73 Å². The third-order valence-corrected chi connectivity index (χ3v) is 3.84. The van der Waals surface area contributed by atoms with Gasteiger partial charge >= 0.3 is 0 Å². The molecular formula is C14H23N5O. The number of carbonyl (C=O) groups excluding carboxylic acids is 1. The van der Waals surface area contributed by atoms with Crippen molar-refractivity contribution in [2.45, 2.75) is 33.1 Å². The smallest absolute Gasteiger partial charge is 0.227 e. The van der Waals surface area contributed by atoms with E-state index >= 15 is 0 Å². The molecule has 6 nitrogen and oxygen atoms in total. The fourth-order valence-corrected chi connectivity index (χ4v) is 2.54. The van der Waals surface area contributed by atoms with Crippen LogP contribution in [0.15, 0.2) is 6.07 Å². The second-order valence-corrected chi connectivity index (χ2v) is 5.98. The zero-order valence-corrected chi connectivity index (χ0v) is 12.6. The van der Waals surface area contributed by atoms with Crippen LogP contribution in [0.4, 0.5) is 11.6 Å². The Balaban J connectivity index is 2.24. The first-order valence-corrected chi connectivity index (χ1v) is 6.97. The average molecular weight is 277 g/mol. The van der Waals surface area contributed by atoms with Gasteiger partial charge in [-0.1, -0.05) is 13.8 Å². The summed E-state index contributed by atoms with van der Waals surface area (Å²) in [6, 6.07) is 1.78. The molecule has 0 aromatic carbocycles. The first-order valence-electron chi connectivity index (χ1n) is 6.97. The lowest BCUT2D eigenvalue weighted by Crippen LogP contribution is -2.39. The van der Waals surface area contributed by atoms with Gasteiger partial charge in [-0.3, -0.25) is 4.79 Å². The number of nitrogens with two attached hydrogens (primary N) is 1. The molecule has 0 bridgehead atoms. The van der Waals surface area contributed by atoms with Crippen molar-refractivity contribution in [2.24, 2.45) is 5.41 Å². The highest BCUT2D eigenvalue weighted by molar-refractivity contribution is 5.83. The molecule has 0 spiro atoms. The fourth-order valence-electron chi connectivity index (χ4n) is 2.54. The Morgan fingerprint density at radius 3 is 2.80 bits per heavy atom. The maximum atomic E-state index is 12.0. The van der Waals surface area contributed by atoms with Gasteiger partial charge in [-0.25, -0.2) is 9.97 Å². The second kappa shape index (κ2) is 5.26. The predicted octanol–water partition coefficient (Wildman–Crippen LogP) is 1.14. The Hall–Kier alpha value is -1.85. The Morgan fingerprint density at radius 1 is 1.50 bits per heavy atom. The highest BCUT2D eigenvalue weighted by atomic mass is 16.2. The molecular weight excluding hydrogens is 254 g/mol. The van der Waals surface area contributed by atoms with E-state index in [2.05, 4.69) is 20.2 Å².